The second kappa shape index (κ2) is 8.06. The molecule has 1 unspecified atom stereocenters. The standard InChI is InChI=1S/C13H24N4O/c1-3-12(11-14)17-9-7-16(8-10-17)6-4-5-13(18)15-2/h12H,3-10H2,1-2H3,(H,15,18). The van der Waals surface area contributed by atoms with Gasteiger partial charge in [0.2, 0.25) is 5.91 Å². The first kappa shape index (κ1) is 14.9. The smallest absolute Gasteiger partial charge is 0.219 e. The number of nitrogens with zero attached hydrogens (tertiary/aromatic N) is 3. The van der Waals surface area contributed by atoms with Gasteiger partial charge in [0.25, 0.3) is 0 Å². The van der Waals surface area contributed by atoms with Gasteiger partial charge in [0.15, 0.2) is 0 Å². The average molecular weight is 252 g/mol. The molecule has 1 N–H and O–H groups in total. The van der Waals surface area contributed by atoms with E-state index in [2.05, 4.69) is 28.1 Å². The molecule has 102 valence electrons. The zero-order valence-corrected chi connectivity index (χ0v) is 11.5. The lowest BCUT2D eigenvalue weighted by atomic mass is 10.1. The molecular formula is C13H24N4O. The maximum Gasteiger partial charge on any atom is 0.219 e. The van der Waals surface area contributed by atoms with Crippen molar-refractivity contribution in [2.24, 2.45) is 0 Å². The van der Waals surface area contributed by atoms with Crippen LogP contribution in [-0.4, -0.2) is 61.5 Å². The third-order valence-corrected chi connectivity index (χ3v) is 3.54. The number of nitriles is 1. The molecule has 0 radical (unpaired) electrons. The van der Waals surface area contributed by atoms with Crippen molar-refractivity contribution in [3.63, 3.8) is 0 Å². The Morgan fingerprint density at radius 2 is 2.06 bits per heavy atom. The highest BCUT2D eigenvalue weighted by molar-refractivity contribution is 5.75. The molecule has 18 heavy (non-hydrogen) atoms. The van der Waals surface area contributed by atoms with E-state index >= 15 is 0 Å². The first-order chi connectivity index (χ1) is 8.71. The summed E-state index contributed by atoms with van der Waals surface area (Å²) in [5.74, 6) is 0.115. The third-order valence-electron chi connectivity index (χ3n) is 3.54. The van der Waals surface area contributed by atoms with Crippen molar-refractivity contribution in [3.8, 4) is 6.07 Å². The molecule has 1 saturated heterocycles. The molecule has 0 aromatic carbocycles. The number of amides is 1. The number of rotatable bonds is 6. The zero-order valence-electron chi connectivity index (χ0n) is 11.5. The predicted octanol–water partition coefficient (Wildman–Crippen LogP) is 0.432. The van der Waals surface area contributed by atoms with Gasteiger partial charge in [-0.25, -0.2) is 0 Å². The fourth-order valence-corrected chi connectivity index (χ4v) is 2.32. The van der Waals surface area contributed by atoms with Crippen LogP contribution in [0.4, 0.5) is 0 Å². The van der Waals surface area contributed by atoms with Crippen molar-refractivity contribution in [1.82, 2.24) is 15.1 Å². The lowest BCUT2D eigenvalue weighted by molar-refractivity contribution is -0.120. The summed E-state index contributed by atoms with van der Waals surface area (Å²) in [5, 5.41) is 11.7. The molecule has 0 saturated carbocycles. The SMILES string of the molecule is CCC(C#N)N1CCN(CCCC(=O)NC)CC1. The molecule has 1 atom stereocenters. The monoisotopic (exact) mass is 252 g/mol. The molecule has 0 spiro atoms. The summed E-state index contributed by atoms with van der Waals surface area (Å²) in [6, 6.07) is 2.42. The van der Waals surface area contributed by atoms with Gasteiger partial charge in [-0.05, 0) is 19.4 Å². The van der Waals surface area contributed by atoms with Crippen LogP contribution < -0.4 is 5.32 Å². The molecule has 5 heteroatoms. The van der Waals surface area contributed by atoms with Gasteiger partial charge in [-0.15, -0.1) is 0 Å². The summed E-state index contributed by atoms with van der Waals surface area (Å²) in [6.07, 6.45) is 2.41. The summed E-state index contributed by atoms with van der Waals surface area (Å²) in [7, 11) is 1.67. The molecule has 5 nitrogen and oxygen atoms in total. The van der Waals surface area contributed by atoms with Gasteiger partial charge >= 0.3 is 0 Å². The maximum atomic E-state index is 11.1. The van der Waals surface area contributed by atoms with E-state index in [1.165, 1.54) is 0 Å². The molecule has 0 aromatic rings. The van der Waals surface area contributed by atoms with E-state index in [9.17, 15) is 4.79 Å². The molecule has 1 heterocycles. The molecule has 0 aromatic heterocycles. The van der Waals surface area contributed by atoms with E-state index in [0.29, 0.717) is 6.42 Å². The Morgan fingerprint density at radius 1 is 1.39 bits per heavy atom. The topological polar surface area (TPSA) is 59.4 Å². The minimum Gasteiger partial charge on any atom is -0.359 e. The van der Waals surface area contributed by atoms with Gasteiger partial charge in [0, 0.05) is 39.6 Å². The minimum atomic E-state index is 0.0676. The van der Waals surface area contributed by atoms with Gasteiger partial charge < -0.3 is 10.2 Å². The van der Waals surface area contributed by atoms with Gasteiger partial charge in [-0.1, -0.05) is 6.92 Å². The Balaban J connectivity index is 2.19. The van der Waals surface area contributed by atoms with Crippen LogP contribution in [0.5, 0.6) is 0 Å². The lowest BCUT2D eigenvalue weighted by Gasteiger charge is -2.36. The van der Waals surface area contributed by atoms with Crippen molar-refractivity contribution >= 4 is 5.91 Å². The van der Waals surface area contributed by atoms with Crippen LogP contribution in [-0.2, 0) is 4.79 Å². The van der Waals surface area contributed by atoms with Crippen LogP contribution in [0.25, 0.3) is 0 Å². The van der Waals surface area contributed by atoms with Crippen molar-refractivity contribution in [2.45, 2.75) is 32.2 Å². The summed E-state index contributed by atoms with van der Waals surface area (Å²) in [5.41, 5.74) is 0. The number of carbonyl (C=O) groups excluding carboxylic acids is 1. The predicted molar refractivity (Wildman–Crippen MR) is 71.0 cm³/mol. The first-order valence-corrected chi connectivity index (χ1v) is 6.77. The largest absolute Gasteiger partial charge is 0.359 e. The van der Waals surface area contributed by atoms with E-state index in [4.69, 9.17) is 5.26 Å². The van der Waals surface area contributed by atoms with E-state index < -0.39 is 0 Å². The van der Waals surface area contributed by atoms with Crippen molar-refractivity contribution < 1.29 is 4.79 Å². The number of carbonyl (C=O) groups is 1. The number of piperazine rings is 1. The highest BCUT2D eigenvalue weighted by Gasteiger charge is 2.22. The van der Waals surface area contributed by atoms with E-state index in [0.717, 1.165) is 45.6 Å². The van der Waals surface area contributed by atoms with Crippen LogP contribution in [0.15, 0.2) is 0 Å². The quantitative estimate of drug-likeness (QED) is 0.745. The normalized spacial score (nSPS) is 19.2. The van der Waals surface area contributed by atoms with Gasteiger partial charge in [0.1, 0.15) is 0 Å². The highest BCUT2D eigenvalue weighted by atomic mass is 16.1. The Bertz CT molecular complexity index is 292. The molecule has 1 fully saturated rings. The van der Waals surface area contributed by atoms with Gasteiger partial charge in [-0.2, -0.15) is 5.26 Å². The fourth-order valence-electron chi connectivity index (χ4n) is 2.32. The Labute approximate surface area is 110 Å². The Morgan fingerprint density at radius 3 is 2.56 bits per heavy atom. The summed E-state index contributed by atoms with van der Waals surface area (Å²) < 4.78 is 0. The number of hydrogen-bond donors (Lipinski definition) is 1. The van der Waals surface area contributed by atoms with Crippen LogP contribution in [0.1, 0.15) is 26.2 Å². The van der Waals surface area contributed by atoms with Crippen molar-refractivity contribution in [2.75, 3.05) is 39.8 Å². The maximum absolute atomic E-state index is 11.1. The average Bonchev–Trinajstić information content (AvgIpc) is 2.41. The Hall–Kier alpha value is -1.12. The summed E-state index contributed by atoms with van der Waals surface area (Å²) in [4.78, 5) is 15.7. The van der Waals surface area contributed by atoms with Crippen LogP contribution in [0, 0.1) is 11.3 Å². The van der Waals surface area contributed by atoms with Crippen LogP contribution >= 0.6 is 0 Å². The highest BCUT2D eigenvalue weighted by Crippen LogP contribution is 2.09. The van der Waals surface area contributed by atoms with E-state index in [1.54, 1.807) is 7.05 Å². The van der Waals surface area contributed by atoms with Crippen LogP contribution in [0.2, 0.25) is 0 Å². The second-order valence-electron chi connectivity index (χ2n) is 4.71. The summed E-state index contributed by atoms with van der Waals surface area (Å²) in [6.45, 7) is 6.98. The van der Waals surface area contributed by atoms with Crippen LogP contribution in [0.3, 0.4) is 0 Å². The Kier molecular flexibility index (Phi) is 6.69. The molecule has 1 amide bonds. The first-order valence-electron chi connectivity index (χ1n) is 6.77. The molecular weight excluding hydrogens is 228 g/mol. The zero-order chi connectivity index (χ0) is 13.4. The molecule has 0 aliphatic carbocycles. The fraction of sp³-hybridized carbons (Fsp3) is 0.846. The molecule has 1 aliphatic heterocycles. The summed E-state index contributed by atoms with van der Waals surface area (Å²) >= 11 is 0. The molecule has 0 bridgehead atoms. The number of nitrogens with one attached hydrogen (secondary N) is 1. The van der Waals surface area contributed by atoms with E-state index in [-0.39, 0.29) is 11.9 Å². The molecule has 1 aliphatic rings. The minimum absolute atomic E-state index is 0.0676. The van der Waals surface area contributed by atoms with Crippen molar-refractivity contribution in [3.05, 3.63) is 0 Å². The molecule has 1 rings (SSSR count). The van der Waals surface area contributed by atoms with E-state index in [1.807, 2.05) is 0 Å². The van der Waals surface area contributed by atoms with Gasteiger partial charge in [-0.3, -0.25) is 9.69 Å². The lowest BCUT2D eigenvalue weighted by Crippen LogP contribution is -2.50. The number of hydrogen-bond acceptors (Lipinski definition) is 4. The second-order valence-corrected chi connectivity index (χ2v) is 4.71. The van der Waals surface area contributed by atoms with Gasteiger partial charge in [0.05, 0.1) is 12.1 Å². The third kappa shape index (κ3) is 4.63. The van der Waals surface area contributed by atoms with Crippen molar-refractivity contribution in [1.29, 1.82) is 5.26 Å².